The summed E-state index contributed by atoms with van der Waals surface area (Å²) in [6.45, 7) is 2.18. The van der Waals surface area contributed by atoms with Crippen molar-refractivity contribution in [1.29, 1.82) is 5.26 Å². The number of hydrogen-bond acceptors (Lipinski definition) is 2. The van der Waals surface area contributed by atoms with Crippen LogP contribution in [0, 0.1) is 17.2 Å². The molecule has 0 spiro atoms. The van der Waals surface area contributed by atoms with Crippen LogP contribution in [-0.4, -0.2) is 6.04 Å². The number of benzene rings is 1. The zero-order chi connectivity index (χ0) is 10.8. The number of nitrogens with zero attached hydrogens (tertiary/aromatic N) is 1. The van der Waals surface area contributed by atoms with Crippen molar-refractivity contribution >= 4 is 21.6 Å². The van der Waals surface area contributed by atoms with Gasteiger partial charge in [-0.1, -0.05) is 15.9 Å². The van der Waals surface area contributed by atoms with Gasteiger partial charge in [0.2, 0.25) is 0 Å². The molecule has 0 aromatic heterocycles. The molecule has 0 aliphatic heterocycles. The highest BCUT2D eigenvalue weighted by molar-refractivity contribution is 9.10. The quantitative estimate of drug-likeness (QED) is 0.907. The van der Waals surface area contributed by atoms with Crippen molar-refractivity contribution in [3.8, 4) is 6.07 Å². The minimum Gasteiger partial charge on any atom is -0.381 e. The Hall–Kier alpha value is -1.01. The second-order valence-electron chi connectivity index (χ2n) is 4.07. The Morgan fingerprint density at radius 3 is 2.87 bits per heavy atom. The van der Waals surface area contributed by atoms with Gasteiger partial charge in [-0.25, -0.2) is 0 Å². The summed E-state index contributed by atoms with van der Waals surface area (Å²) >= 11 is 3.37. The summed E-state index contributed by atoms with van der Waals surface area (Å²) < 4.78 is 0.948. The van der Waals surface area contributed by atoms with Crippen molar-refractivity contribution in [2.45, 2.75) is 25.8 Å². The van der Waals surface area contributed by atoms with Crippen LogP contribution < -0.4 is 5.32 Å². The van der Waals surface area contributed by atoms with Crippen molar-refractivity contribution in [3.63, 3.8) is 0 Å². The average molecular weight is 265 g/mol. The molecule has 15 heavy (non-hydrogen) atoms. The summed E-state index contributed by atoms with van der Waals surface area (Å²) in [5, 5.41) is 12.4. The van der Waals surface area contributed by atoms with Gasteiger partial charge in [0, 0.05) is 10.5 Å². The lowest BCUT2D eigenvalue weighted by atomic mass is 10.1. The minimum atomic E-state index is 0.471. The standard InChI is InChI=1S/C12H13BrN2/c1-8(9-2-3-9)15-12-5-4-11(13)6-10(12)7-14/h4-6,8-9,15H,2-3H2,1H3. The van der Waals surface area contributed by atoms with Gasteiger partial charge >= 0.3 is 0 Å². The van der Waals surface area contributed by atoms with Gasteiger partial charge in [0.15, 0.2) is 0 Å². The van der Waals surface area contributed by atoms with Crippen LogP contribution in [0.15, 0.2) is 22.7 Å². The molecular weight excluding hydrogens is 252 g/mol. The Morgan fingerprint density at radius 2 is 2.27 bits per heavy atom. The lowest BCUT2D eigenvalue weighted by Gasteiger charge is -2.15. The van der Waals surface area contributed by atoms with Gasteiger partial charge in [-0.2, -0.15) is 5.26 Å². The van der Waals surface area contributed by atoms with E-state index >= 15 is 0 Å². The second-order valence-corrected chi connectivity index (χ2v) is 4.99. The Bertz CT molecular complexity index is 405. The van der Waals surface area contributed by atoms with E-state index in [4.69, 9.17) is 5.26 Å². The summed E-state index contributed by atoms with van der Waals surface area (Å²) in [7, 11) is 0. The summed E-state index contributed by atoms with van der Waals surface area (Å²) in [5.41, 5.74) is 1.65. The number of halogens is 1. The van der Waals surface area contributed by atoms with Crippen LogP contribution in [0.5, 0.6) is 0 Å². The molecule has 1 atom stereocenters. The summed E-state index contributed by atoms with van der Waals surface area (Å²) in [4.78, 5) is 0. The van der Waals surface area contributed by atoms with E-state index in [-0.39, 0.29) is 0 Å². The van der Waals surface area contributed by atoms with Crippen molar-refractivity contribution in [1.82, 2.24) is 0 Å². The third-order valence-corrected chi connectivity index (χ3v) is 3.31. The zero-order valence-corrected chi connectivity index (χ0v) is 10.2. The monoisotopic (exact) mass is 264 g/mol. The maximum Gasteiger partial charge on any atom is 0.101 e. The molecule has 0 radical (unpaired) electrons. The average Bonchev–Trinajstić information content (AvgIpc) is 3.04. The van der Waals surface area contributed by atoms with Gasteiger partial charge in [-0.3, -0.25) is 0 Å². The van der Waals surface area contributed by atoms with Crippen LogP contribution in [0.3, 0.4) is 0 Å². The van der Waals surface area contributed by atoms with Crippen LogP contribution in [0.4, 0.5) is 5.69 Å². The molecule has 0 saturated heterocycles. The molecule has 1 aliphatic carbocycles. The Labute approximate surface area is 98.4 Å². The van der Waals surface area contributed by atoms with E-state index in [2.05, 4.69) is 34.2 Å². The first-order valence-corrected chi connectivity index (χ1v) is 5.96. The van der Waals surface area contributed by atoms with Crippen LogP contribution in [0.2, 0.25) is 0 Å². The topological polar surface area (TPSA) is 35.8 Å². The SMILES string of the molecule is CC(Nc1ccc(Br)cc1C#N)C1CC1. The van der Waals surface area contributed by atoms with Crippen LogP contribution in [0.25, 0.3) is 0 Å². The largest absolute Gasteiger partial charge is 0.381 e. The molecule has 2 nitrogen and oxygen atoms in total. The van der Waals surface area contributed by atoms with Crippen molar-refractivity contribution in [3.05, 3.63) is 28.2 Å². The van der Waals surface area contributed by atoms with E-state index in [1.807, 2.05) is 18.2 Å². The fraction of sp³-hybridized carbons (Fsp3) is 0.417. The summed E-state index contributed by atoms with van der Waals surface area (Å²) in [6.07, 6.45) is 2.62. The Kier molecular flexibility index (Phi) is 2.97. The Balaban J connectivity index is 2.16. The van der Waals surface area contributed by atoms with Crippen LogP contribution in [0.1, 0.15) is 25.3 Å². The number of anilines is 1. The highest BCUT2D eigenvalue weighted by Gasteiger charge is 2.28. The fourth-order valence-electron chi connectivity index (χ4n) is 1.69. The second kappa shape index (κ2) is 4.24. The van der Waals surface area contributed by atoms with E-state index in [1.54, 1.807) is 0 Å². The van der Waals surface area contributed by atoms with Gasteiger partial charge < -0.3 is 5.32 Å². The van der Waals surface area contributed by atoms with Crippen LogP contribution >= 0.6 is 15.9 Å². The maximum atomic E-state index is 9.00. The van der Waals surface area contributed by atoms with Gasteiger partial charge in [0.05, 0.1) is 11.3 Å². The predicted molar refractivity (Wildman–Crippen MR) is 64.7 cm³/mol. The fourth-order valence-corrected chi connectivity index (χ4v) is 2.06. The molecule has 1 saturated carbocycles. The zero-order valence-electron chi connectivity index (χ0n) is 8.63. The van der Waals surface area contributed by atoms with E-state index < -0.39 is 0 Å². The Morgan fingerprint density at radius 1 is 1.53 bits per heavy atom. The van der Waals surface area contributed by atoms with E-state index in [1.165, 1.54) is 12.8 Å². The van der Waals surface area contributed by atoms with Crippen LogP contribution in [-0.2, 0) is 0 Å². The van der Waals surface area contributed by atoms with Gasteiger partial charge in [0.1, 0.15) is 6.07 Å². The minimum absolute atomic E-state index is 0.471. The lowest BCUT2D eigenvalue weighted by molar-refractivity contribution is 0.694. The normalized spacial score (nSPS) is 16.9. The van der Waals surface area contributed by atoms with Crippen molar-refractivity contribution < 1.29 is 0 Å². The summed E-state index contributed by atoms with van der Waals surface area (Å²) in [5.74, 6) is 0.792. The first-order valence-electron chi connectivity index (χ1n) is 5.17. The maximum absolute atomic E-state index is 9.00. The molecule has 1 aliphatic rings. The molecule has 0 heterocycles. The number of nitrogens with one attached hydrogen (secondary N) is 1. The molecule has 1 aromatic rings. The first-order chi connectivity index (χ1) is 7.20. The molecule has 1 fully saturated rings. The molecule has 1 N–H and O–H groups in total. The van der Waals surface area contributed by atoms with Crippen molar-refractivity contribution in [2.24, 2.45) is 5.92 Å². The molecule has 3 heteroatoms. The van der Waals surface area contributed by atoms with Gasteiger partial charge in [-0.15, -0.1) is 0 Å². The van der Waals surface area contributed by atoms with Gasteiger partial charge in [0.25, 0.3) is 0 Å². The van der Waals surface area contributed by atoms with E-state index in [0.717, 1.165) is 16.1 Å². The predicted octanol–water partition coefficient (Wildman–Crippen LogP) is 3.53. The number of hydrogen-bond donors (Lipinski definition) is 1. The molecule has 2 rings (SSSR count). The highest BCUT2D eigenvalue weighted by atomic mass is 79.9. The first kappa shape index (κ1) is 10.5. The lowest BCUT2D eigenvalue weighted by Crippen LogP contribution is -2.17. The third-order valence-electron chi connectivity index (χ3n) is 2.81. The molecule has 1 aromatic carbocycles. The molecular formula is C12H13BrN2. The van der Waals surface area contributed by atoms with Gasteiger partial charge in [-0.05, 0) is 43.9 Å². The molecule has 78 valence electrons. The molecule has 0 amide bonds. The smallest absolute Gasteiger partial charge is 0.101 e. The number of nitriles is 1. The summed E-state index contributed by atoms with van der Waals surface area (Å²) in [6, 6.07) is 8.45. The molecule has 1 unspecified atom stereocenters. The molecule has 0 bridgehead atoms. The van der Waals surface area contributed by atoms with Crippen molar-refractivity contribution in [2.75, 3.05) is 5.32 Å². The van der Waals surface area contributed by atoms with E-state index in [9.17, 15) is 0 Å². The highest BCUT2D eigenvalue weighted by Crippen LogP contribution is 2.34. The third kappa shape index (κ3) is 2.51. The van der Waals surface area contributed by atoms with E-state index in [0.29, 0.717) is 11.6 Å². The number of rotatable bonds is 3.